The van der Waals surface area contributed by atoms with Gasteiger partial charge in [0.2, 0.25) is 0 Å². The van der Waals surface area contributed by atoms with Crippen LogP contribution in [-0.4, -0.2) is 9.97 Å². The molecule has 0 amide bonds. The summed E-state index contributed by atoms with van der Waals surface area (Å²) in [5.74, 6) is 0.685. The first-order chi connectivity index (χ1) is 10.1. The highest BCUT2D eigenvalue weighted by molar-refractivity contribution is 7.18. The van der Waals surface area contributed by atoms with E-state index < -0.39 is 0 Å². The summed E-state index contributed by atoms with van der Waals surface area (Å²) in [4.78, 5) is 21.5. The Hall–Kier alpha value is -1.98. The van der Waals surface area contributed by atoms with Crippen LogP contribution in [0.3, 0.4) is 0 Å². The predicted molar refractivity (Wildman–Crippen MR) is 86.7 cm³/mol. The van der Waals surface area contributed by atoms with Crippen LogP contribution in [0.25, 0.3) is 10.2 Å². The lowest BCUT2D eigenvalue weighted by molar-refractivity contribution is 0.663. The molecule has 2 N–H and O–H groups in total. The van der Waals surface area contributed by atoms with Crippen molar-refractivity contribution in [2.75, 3.05) is 0 Å². The average Bonchev–Trinajstić information content (AvgIpc) is 2.75. The number of fused-ring (bicyclic) bond motifs is 1. The van der Waals surface area contributed by atoms with E-state index in [1.807, 2.05) is 32.0 Å². The second kappa shape index (κ2) is 5.79. The maximum Gasteiger partial charge on any atom is 0.259 e. The molecule has 108 valence electrons. The van der Waals surface area contributed by atoms with Crippen LogP contribution in [0.2, 0.25) is 0 Å². The van der Waals surface area contributed by atoms with Gasteiger partial charge >= 0.3 is 0 Å². The molecule has 0 atom stereocenters. The molecule has 2 heterocycles. The number of aromatic amines is 1. The summed E-state index contributed by atoms with van der Waals surface area (Å²) in [5.41, 5.74) is 2.20. The molecule has 2 aromatic heterocycles. The normalized spacial score (nSPS) is 11.1. The van der Waals surface area contributed by atoms with E-state index in [1.54, 1.807) is 11.3 Å². The number of H-pyrrole nitrogens is 1. The molecule has 0 aliphatic carbocycles. The third-order valence-electron chi connectivity index (χ3n) is 3.55. The molecule has 0 aliphatic rings. The zero-order valence-corrected chi connectivity index (χ0v) is 12.9. The van der Waals surface area contributed by atoms with Crippen molar-refractivity contribution in [3.8, 4) is 0 Å². The highest BCUT2D eigenvalue weighted by atomic mass is 32.1. The van der Waals surface area contributed by atoms with E-state index in [1.165, 1.54) is 5.56 Å². The second-order valence-electron chi connectivity index (χ2n) is 5.07. The Bertz CT molecular complexity index is 821. The Morgan fingerprint density at radius 1 is 1.19 bits per heavy atom. The smallest absolute Gasteiger partial charge is 0.259 e. The monoisotopic (exact) mass is 299 g/mol. The SMILES string of the molecule is Cc1sc2nc(CNCc3ccccc3)[nH]c(=O)c2c1C. The molecule has 0 bridgehead atoms. The van der Waals surface area contributed by atoms with Crippen LogP contribution in [0.4, 0.5) is 0 Å². The number of aryl methyl sites for hydroxylation is 2. The number of thiophene rings is 1. The van der Waals surface area contributed by atoms with Crippen LogP contribution in [0, 0.1) is 13.8 Å². The maximum atomic E-state index is 12.2. The molecular formula is C16H17N3OS. The van der Waals surface area contributed by atoms with Gasteiger partial charge in [0.15, 0.2) is 0 Å². The van der Waals surface area contributed by atoms with Gasteiger partial charge in [-0.3, -0.25) is 4.79 Å². The van der Waals surface area contributed by atoms with Crippen molar-refractivity contribution in [1.29, 1.82) is 0 Å². The predicted octanol–water partition coefficient (Wildman–Crippen LogP) is 2.89. The van der Waals surface area contributed by atoms with Crippen LogP contribution >= 0.6 is 11.3 Å². The molecule has 0 fully saturated rings. The first-order valence-electron chi connectivity index (χ1n) is 6.88. The van der Waals surface area contributed by atoms with Gasteiger partial charge < -0.3 is 10.3 Å². The molecule has 0 saturated heterocycles. The first kappa shape index (κ1) is 14.0. The van der Waals surface area contributed by atoms with Crippen LogP contribution in [0.1, 0.15) is 21.8 Å². The molecule has 3 rings (SSSR count). The second-order valence-corrected chi connectivity index (χ2v) is 6.27. The van der Waals surface area contributed by atoms with Crippen molar-refractivity contribution in [3.63, 3.8) is 0 Å². The minimum Gasteiger partial charge on any atom is -0.309 e. The van der Waals surface area contributed by atoms with Crippen molar-refractivity contribution >= 4 is 21.6 Å². The third-order valence-corrected chi connectivity index (χ3v) is 4.65. The summed E-state index contributed by atoms with van der Waals surface area (Å²) >= 11 is 1.58. The lowest BCUT2D eigenvalue weighted by Crippen LogP contribution is -2.19. The number of hydrogen-bond acceptors (Lipinski definition) is 4. The quantitative estimate of drug-likeness (QED) is 0.779. The molecule has 5 heteroatoms. The van der Waals surface area contributed by atoms with Crippen molar-refractivity contribution in [2.45, 2.75) is 26.9 Å². The molecule has 3 aromatic rings. The van der Waals surface area contributed by atoms with E-state index in [9.17, 15) is 4.79 Å². The minimum absolute atomic E-state index is 0.0432. The Morgan fingerprint density at radius 3 is 2.71 bits per heavy atom. The van der Waals surface area contributed by atoms with Gasteiger partial charge in [-0.05, 0) is 25.0 Å². The molecule has 0 saturated carbocycles. The summed E-state index contributed by atoms with van der Waals surface area (Å²) < 4.78 is 0. The third kappa shape index (κ3) is 2.89. The summed E-state index contributed by atoms with van der Waals surface area (Å²) in [6.45, 7) is 5.30. The number of nitrogens with one attached hydrogen (secondary N) is 2. The molecule has 1 aromatic carbocycles. The minimum atomic E-state index is -0.0432. The molecule has 21 heavy (non-hydrogen) atoms. The molecule has 0 unspecified atom stereocenters. The van der Waals surface area contributed by atoms with Crippen LogP contribution in [-0.2, 0) is 13.1 Å². The van der Waals surface area contributed by atoms with Crippen molar-refractivity contribution in [2.24, 2.45) is 0 Å². The topological polar surface area (TPSA) is 57.8 Å². The summed E-state index contributed by atoms with van der Waals surface area (Å²) in [6, 6.07) is 10.2. The van der Waals surface area contributed by atoms with Gasteiger partial charge in [-0.25, -0.2) is 4.98 Å². The molecular weight excluding hydrogens is 282 g/mol. The highest BCUT2D eigenvalue weighted by Gasteiger charge is 2.11. The average molecular weight is 299 g/mol. The fraction of sp³-hybridized carbons (Fsp3) is 0.250. The molecule has 4 nitrogen and oxygen atoms in total. The summed E-state index contributed by atoms with van der Waals surface area (Å²) in [6.07, 6.45) is 0. The van der Waals surface area contributed by atoms with Gasteiger partial charge in [0, 0.05) is 11.4 Å². The van der Waals surface area contributed by atoms with E-state index in [2.05, 4.69) is 27.4 Å². The fourth-order valence-corrected chi connectivity index (χ4v) is 3.35. The number of benzene rings is 1. The van der Waals surface area contributed by atoms with Gasteiger partial charge in [-0.1, -0.05) is 30.3 Å². The van der Waals surface area contributed by atoms with Crippen molar-refractivity contribution in [3.05, 3.63) is 62.5 Å². The Labute approximate surface area is 126 Å². The maximum absolute atomic E-state index is 12.2. The zero-order chi connectivity index (χ0) is 14.8. The summed E-state index contributed by atoms with van der Waals surface area (Å²) in [7, 11) is 0. The largest absolute Gasteiger partial charge is 0.309 e. The van der Waals surface area contributed by atoms with Gasteiger partial charge in [-0.15, -0.1) is 11.3 Å². The Balaban J connectivity index is 1.77. The number of rotatable bonds is 4. The Kier molecular flexibility index (Phi) is 3.86. The van der Waals surface area contributed by atoms with Crippen LogP contribution in [0.5, 0.6) is 0 Å². The van der Waals surface area contributed by atoms with Crippen molar-refractivity contribution < 1.29 is 0 Å². The number of hydrogen-bond donors (Lipinski definition) is 2. The van der Waals surface area contributed by atoms with Gasteiger partial charge in [0.05, 0.1) is 11.9 Å². The highest BCUT2D eigenvalue weighted by Crippen LogP contribution is 2.25. The van der Waals surface area contributed by atoms with E-state index >= 15 is 0 Å². The molecule has 0 spiro atoms. The number of aromatic nitrogens is 2. The van der Waals surface area contributed by atoms with E-state index in [0.29, 0.717) is 12.4 Å². The van der Waals surface area contributed by atoms with E-state index in [4.69, 9.17) is 0 Å². The van der Waals surface area contributed by atoms with E-state index in [0.717, 1.165) is 27.2 Å². The van der Waals surface area contributed by atoms with Gasteiger partial charge in [0.25, 0.3) is 5.56 Å². The van der Waals surface area contributed by atoms with Gasteiger partial charge in [0.1, 0.15) is 10.7 Å². The lowest BCUT2D eigenvalue weighted by Gasteiger charge is -2.04. The zero-order valence-electron chi connectivity index (χ0n) is 12.1. The van der Waals surface area contributed by atoms with Crippen LogP contribution in [0.15, 0.2) is 35.1 Å². The van der Waals surface area contributed by atoms with Crippen molar-refractivity contribution in [1.82, 2.24) is 15.3 Å². The molecule has 0 radical (unpaired) electrons. The standard InChI is InChI=1S/C16H17N3OS/c1-10-11(2)21-16-14(10)15(20)18-13(19-16)9-17-8-12-6-4-3-5-7-12/h3-7,17H,8-9H2,1-2H3,(H,18,19,20). The van der Waals surface area contributed by atoms with Gasteiger partial charge in [-0.2, -0.15) is 0 Å². The van der Waals surface area contributed by atoms with E-state index in [-0.39, 0.29) is 5.56 Å². The summed E-state index contributed by atoms with van der Waals surface area (Å²) in [5, 5.41) is 4.03. The number of nitrogens with zero attached hydrogens (tertiary/aromatic N) is 1. The van der Waals surface area contributed by atoms with Crippen LogP contribution < -0.4 is 10.9 Å². The molecule has 0 aliphatic heterocycles. The first-order valence-corrected chi connectivity index (χ1v) is 7.70. The fourth-order valence-electron chi connectivity index (χ4n) is 2.30. The Morgan fingerprint density at radius 2 is 1.95 bits per heavy atom. The lowest BCUT2D eigenvalue weighted by atomic mass is 10.2.